The van der Waals surface area contributed by atoms with Crippen LogP contribution >= 0.6 is 0 Å². The standard InChI is InChI=1S/C23H26BNO2/c1-22(2)23(3,4)27-24(26-22)18(15-25)14-17-13-16-9-5-6-10-19(16)21-12-8-7-11-20(17)21/h5-14H,15,25H2,1-4H3. The van der Waals surface area contributed by atoms with Gasteiger partial charge in [0, 0.05) is 6.54 Å². The van der Waals surface area contributed by atoms with E-state index in [0.29, 0.717) is 6.54 Å². The van der Waals surface area contributed by atoms with Gasteiger partial charge in [0.15, 0.2) is 0 Å². The van der Waals surface area contributed by atoms with Gasteiger partial charge in [0.25, 0.3) is 0 Å². The summed E-state index contributed by atoms with van der Waals surface area (Å²) in [5.74, 6) is 0. The molecular weight excluding hydrogens is 333 g/mol. The van der Waals surface area contributed by atoms with E-state index in [1.807, 2.05) is 0 Å². The summed E-state index contributed by atoms with van der Waals surface area (Å²) in [5.41, 5.74) is 7.44. The number of hydrogen-bond donors (Lipinski definition) is 1. The van der Waals surface area contributed by atoms with Crippen LogP contribution in [0.3, 0.4) is 0 Å². The van der Waals surface area contributed by atoms with Crippen molar-refractivity contribution in [2.24, 2.45) is 5.73 Å². The molecule has 0 aliphatic carbocycles. The van der Waals surface area contributed by atoms with Crippen LogP contribution in [0.2, 0.25) is 0 Å². The van der Waals surface area contributed by atoms with Gasteiger partial charge in [-0.05, 0) is 66.3 Å². The van der Waals surface area contributed by atoms with Crippen LogP contribution in [0.4, 0.5) is 0 Å². The van der Waals surface area contributed by atoms with Crippen molar-refractivity contribution in [2.45, 2.75) is 38.9 Å². The van der Waals surface area contributed by atoms with Crippen molar-refractivity contribution in [2.75, 3.05) is 6.54 Å². The fourth-order valence-corrected chi connectivity index (χ4v) is 3.62. The fourth-order valence-electron chi connectivity index (χ4n) is 3.62. The van der Waals surface area contributed by atoms with Crippen molar-refractivity contribution in [3.8, 4) is 0 Å². The lowest BCUT2D eigenvalue weighted by molar-refractivity contribution is 0.00578. The molecule has 0 unspecified atom stereocenters. The molecule has 1 aliphatic rings. The molecule has 3 nitrogen and oxygen atoms in total. The Balaban J connectivity index is 1.85. The first-order valence-corrected chi connectivity index (χ1v) is 9.49. The van der Waals surface area contributed by atoms with E-state index < -0.39 is 7.12 Å². The molecule has 1 aliphatic heterocycles. The molecule has 138 valence electrons. The van der Waals surface area contributed by atoms with Gasteiger partial charge < -0.3 is 15.0 Å². The van der Waals surface area contributed by atoms with Crippen LogP contribution in [0, 0.1) is 0 Å². The zero-order chi connectivity index (χ0) is 19.2. The Morgan fingerprint density at radius 2 is 1.44 bits per heavy atom. The van der Waals surface area contributed by atoms with Crippen LogP contribution < -0.4 is 5.73 Å². The highest BCUT2D eigenvalue weighted by atomic mass is 16.7. The number of rotatable bonds is 3. The first-order valence-electron chi connectivity index (χ1n) is 9.49. The Kier molecular flexibility index (Phi) is 4.38. The van der Waals surface area contributed by atoms with Gasteiger partial charge in [0.05, 0.1) is 11.2 Å². The average molecular weight is 359 g/mol. The number of hydrogen-bond acceptors (Lipinski definition) is 3. The maximum Gasteiger partial charge on any atom is 0.491 e. The molecule has 1 fully saturated rings. The molecule has 1 saturated heterocycles. The van der Waals surface area contributed by atoms with Crippen LogP contribution in [0.5, 0.6) is 0 Å². The topological polar surface area (TPSA) is 44.5 Å². The minimum absolute atomic E-state index is 0.378. The predicted octanol–water partition coefficient (Wildman–Crippen LogP) is 4.97. The lowest BCUT2D eigenvalue weighted by Gasteiger charge is -2.32. The van der Waals surface area contributed by atoms with Gasteiger partial charge in [-0.15, -0.1) is 0 Å². The molecule has 3 aromatic carbocycles. The molecule has 2 N–H and O–H groups in total. The summed E-state index contributed by atoms with van der Waals surface area (Å²) in [6.45, 7) is 8.64. The van der Waals surface area contributed by atoms with Crippen molar-refractivity contribution >= 4 is 34.7 Å². The average Bonchev–Trinajstić information content (AvgIpc) is 2.87. The van der Waals surface area contributed by atoms with E-state index in [9.17, 15) is 0 Å². The molecule has 1 heterocycles. The minimum atomic E-state index is -0.426. The van der Waals surface area contributed by atoms with E-state index in [2.05, 4.69) is 88.4 Å². The highest BCUT2D eigenvalue weighted by Gasteiger charge is 2.52. The molecule has 3 aromatic rings. The molecule has 0 bridgehead atoms. The third kappa shape index (κ3) is 3.08. The highest BCUT2D eigenvalue weighted by Crippen LogP contribution is 2.39. The Morgan fingerprint density at radius 3 is 2.07 bits per heavy atom. The van der Waals surface area contributed by atoms with Crippen molar-refractivity contribution in [3.63, 3.8) is 0 Å². The van der Waals surface area contributed by atoms with E-state index in [4.69, 9.17) is 15.0 Å². The molecule has 0 saturated carbocycles. The Hall–Kier alpha value is -2.14. The molecular formula is C23H26BNO2. The van der Waals surface area contributed by atoms with Crippen LogP contribution in [0.25, 0.3) is 27.6 Å². The van der Waals surface area contributed by atoms with Gasteiger partial charge in [-0.25, -0.2) is 0 Å². The normalized spacial score (nSPS) is 19.1. The molecule has 4 heteroatoms. The van der Waals surface area contributed by atoms with Crippen LogP contribution in [-0.2, 0) is 9.31 Å². The summed E-state index contributed by atoms with van der Waals surface area (Å²) < 4.78 is 12.4. The van der Waals surface area contributed by atoms with Gasteiger partial charge in [-0.3, -0.25) is 0 Å². The third-order valence-corrected chi connectivity index (χ3v) is 5.93. The van der Waals surface area contributed by atoms with E-state index >= 15 is 0 Å². The lowest BCUT2D eigenvalue weighted by Crippen LogP contribution is -2.41. The number of nitrogens with two attached hydrogens (primary N) is 1. The van der Waals surface area contributed by atoms with E-state index in [1.165, 1.54) is 21.5 Å². The maximum atomic E-state index is 6.22. The molecule has 0 aromatic heterocycles. The second-order valence-corrected chi connectivity index (χ2v) is 8.24. The molecule has 27 heavy (non-hydrogen) atoms. The summed E-state index contributed by atoms with van der Waals surface area (Å²) in [6.07, 6.45) is 2.14. The number of fused-ring (bicyclic) bond motifs is 3. The van der Waals surface area contributed by atoms with Crippen molar-refractivity contribution in [1.82, 2.24) is 0 Å². The molecule has 0 spiro atoms. The minimum Gasteiger partial charge on any atom is -0.400 e. The maximum absolute atomic E-state index is 6.22. The van der Waals surface area contributed by atoms with E-state index in [1.54, 1.807) is 0 Å². The van der Waals surface area contributed by atoms with Gasteiger partial charge in [-0.1, -0.05) is 54.6 Å². The van der Waals surface area contributed by atoms with E-state index in [-0.39, 0.29) is 11.2 Å². The lowest BCUT2D eigenvalue weighted by atomic mass is 9.76. The fraction of sp³-hybridized carbons (Fsp3) is 0.304. The van der Waals surface area contributed by atoms with Crippen molar-refractivity contribution < 1.29 is 9.31 Å². The summed E-state index contributed by atoms with van der Waals surface area (Å²) >= 11 is 0. The quantitative estimate of drug-likeness (QED) is 0.531. The molecule has 0 amide bonds. The zero-order valence-electron chi connectivity index (χ0n) is 16.5. The number of benzene rings is 3. The summed E-state index contributed by atoms with van der Waals surface area (Å²) in [7, 11) is -0.426. The van der Waals surface area contributed by atoms with Crippen molar-refractivity contribution in [1.29, 1.82) is 0 Å². The summed E-state index contributed by atoms with van der Waals surface area (Å²) in [4.78, 5) is 0. The SMILES string of the molecule is CC1(C)OB(C(=Cc2cc3ccccc3c3ccccc23)CN)OC1(C)C. The second-order valence-electron chi connectivity index (χ2n) is 8.24. The predicted molar refractivity (Wildman–Crippen MR) is 115 cm³/mol. The molecule has 0 radical (unpaired) electrons. The van der Waals surface area contributed by atoms with E-state index in [0.717, 1.165) is 11.0 Å². The Labute approximate surface area is 161 Å². The zero-order valence-corrected chi connectivity index (χ0v) is 16.5. The Morgan fingerprint density at radius 1 is 0.889 bits per heavy atom. The molecule has 4 rings (SSSR count). The van der Waals surface area contributed by atoms with Crippen molar-refractivity contribution in [3.05, 3.63) is 65.6 Å². The van der Waals surface area contributed by atoms with Crippen LogP contribution in [-0.4, -0.2) is 24.9 Å². The largest absolute Gasteiger partial charge is 0.491 e. The monoisotopic (exact) mass is 359 g/mol. The first-order chi connectivity index (χ1) is 12.8. The van der Waals surface area contributed by atoms with Crippen LogP contribution in [0.15, 0.2) is 60.1 Å². The van der Waals surface area contributed by atoms with Gasteiger partial charge in [-0.2, -0.15) is 0 Å². The Bertz CT molecular complexity index is 1020. The van der Waals surface area contributed by atoms with Gasteiger partial charge in [0.1, 0.15) is 0 Å². The van der Waals surface area contributed by atoms with Crippen LogP contribution in [0.1, 0.15) is 33.3 Å². The van der Waals surface area contributed by atoms with Gasteiger partial charge in [0.2, 0.25) is 0 Å². The second kappa shape index (κ2) is 6.48. The molecule has 0 atom stereocenters. The highest BCUT2D eigenvalue weighted by molar-refractivity contribution is 6.56. The first kappa shape index (κ1) is 18.2. The van der Waals surface area contributed by atoms with Gasteiger partial charge >= 0.3 is 7.12 Å². The smallest absolute Gasteiger partial charge is 0.400 e. The third-order valence-electron chi connectivity index (χ3n) is 5.93. The summed E-state index contributed by atoms with van der Waals surface area (Å²) in [5, 5.41) is 4.92. The summed E-state index contributed by atoms with van der Waals surface area (Å²) in [6, 6.07) is 19.2.